The molecule has 0 unspecified atom stereocenters. The summed E-state index contributed by atoms with van der Waals surface area (Å²) < 4.78 is 26.0. The number of ether oxygens (including phenoxy) is 1. The molecule has 2 fully saturated rings. The number of pyridine rings is 1. The average molecular weight is 480 g/mol. The van der Waals surface area contributed by atoms with Crippen LogP contribution in [0.4, 0.5) is 10.1 Å². The van der Waals surface area contributed by atoms with Crippen LogP contribution in [0.25, 0.3) is 11.3 Å². The molecule has 3 heterocycles. The largest absolute Gasteiger partial charge is 0.487 e. The van der Waals surface area contributed by atoms with E-state index in [-0.39, 0.29) is 30.7 Å². The summed E-state index contributed by atoms with van der Waals surface area (Å²) in [6.07, 6.45) is 4.26. The Labute approximate surface area is 201 Å². The SMILES string of the molecule is NCc1cc(-c2cc(NC(=O)C3CC3)ccn2)ccc1O[C@H]1CCN(C(=O)c2cnco2)C[C@H]1F. The maximum Gasteiger partial charge on any atom is 0.291 e. The van der Waals surface area contributed by atoms with E-state index in [4.69, 9.17) is 14.9 Å². The van der Waals surface area contributed by atoms with E-state index in [9.17, 15) is 14.0 Å². The molecule has 1 aliphatic carbocycles. The minimum Gasteiger partial charge on any atom is -0.487 e. The highest BCUT2D eigenvalue weighted by atomic mass is 19.1. The molecule has 2 aromatic heterocycles. The maximum absolute atomic E-state index is 14.9. The van der Waals surface area contributed by atoms with Gasteiger partial charge in [0.05, 0.1) is 18.4 Å². The zero-order chi connectivity index (χ0) is 24.4. The fourth-order valence-corrected chi connectivity index (χ4v) is 4.11. The number of nitrogens with two attached hydrogens (primary N) is 1. The molecule has 1 saturated heterocycles. The third-order valence-electron chi connectivity index (χ3n) is 6.24. The predicted molar refractivity (Wildman–Crippen MR) is 125 cm³/mol. The monoisotopic (exact) mass is 479 g/mol. The standard InChI is InChI=1S/C25H26FN5O4/c26-19-13-31(25(33)23-12-28-14-34-23)8-6-22(19)35-21-4-3-16(9-17(21)11-27)20-10-18(5-7-29-20)30-24(32)15-1-2-15/h3-5,7,9-10,12,14-15,19,22H,1-2,6,8,11,13,27H2,(H,29,30,32)/t19-,22+/m1/s1. The number of carbonyl (C=O) groups excluding carboxylic acids is 2. The highest BCUT2D eigenvalue weighted by molar-refractivity contribution is 5.94. The molecule has 0 radical (unpaired) electrons. The third-order valence-corrected chi connectivity index (χ3v) is 6.24. The molecule has 10 heteroatoms. The molecular formula is C25H26FN5O4. The molecule has 1 aliphatic heterocycles. The fraction of sp³-hybridized carbons (Fsp3) is 0.360. The molecule has 3 aromatic rings. The second-order valence-electron chi connectivity index (χ2n) is 8.80. The molecule has 0 spiro atoms. The Morgan fingerprint density at radius 2 is 2.09 bits per heavy atom. The van der Waals surface area contributed by atoms with Crippen molar-refractivity contribution in [3.05, 3.63) is 60.4 Å². The molecule has 35 heavy (non-hydrogen) atoms. The summed E-state index contributed by atoms with van der Waals surface area (Å²) in [4.78, 5) is 34.0. The summed E-state index contributed by atoms with van der Waals surface area (Å²) in [5, 5.41) is 2.93. The van der Waals surface area contributed by atoms with Crippen LogP contribution in [0.2, 0.25) is 0 Å². The maximum atomic E-state index is 14.9. The number of likely N-dealkylation sites (tertiary alicyclic amines) is 1. The van der Waals surface area contributed by atoms with Gasteiger partial charge in [0.1, 0.15) is 11.9 Å². The summed E-state index contributed by atoms with van der Waals surface area (Å²) in [7, 11) is 0. The molecule has 3 N–H and O–H groups in total. The van der Waals surface area contributed by atoms with Crippen LogP contribution < -0.4 is 15.8 Å². The van der Waals surface area contributed by atoms with Gasteiger partial charge in [-0.05, 0) is 43.2 Å². The lowest BCUT2D eigenvalue weighted by atomic mass is 10.0. The van der Waals surface area contributed by atoms with E-state index < -0.39 is 18.2 Å². The predicted octanol–water partition coefficient (Wildman–Crippen LogP) is 3.18. The lowest BCUT2D eigenvalue weighted by Gasteiger charge is -2.34. The Hall–Kier alpha value is -3.79. The average Bonchev–Trinajstić information content (AvgIpc) is 3.59. The van der Waals surface area contributed by atoms with Gasteiger partial charge in [-0.15, -0.1) is 0 Å². The first kappa shape index (κ1) is 23.0. The van der Waals surface area contributed by atoms with Crippen molar-refractivity contribution in [1.29, 1.82) is 0 Å². The number of halogens is 1. The van der Waals surface area contributed by atoms with Crippen LogP contribution in [-0.2, 0) is 11.3 Å². The van der Waals surface area contributed by atoms with Crippen LogP contribution in [0.3, 0.4) is 0 Å². The van der Waals surface area contributed by atoms with Gasteiger partial charge in [-0.3, -0.25) is 14.6 Å². The number of oxazole rings is 1. The molecule has 5 rings (SSSR count). The highest BCUT2D eigenvalue weighted by Crippen LogP contribution is 2.32. The van der Waals surface area contributed by atoms with E-state index in [1.54, 1.807) is 18.3 Å². The Morgan fingerprint density at radius 1 is 1.23 bits per heavy atom. The Kier molecular flexibility index (Phi) is 6.45. The second-order valence-corrected chi connectivity index (χ2v) is 8.80. The third kappa shape index (κ3) is 5.17. The Balaban J connectivity index is 1.26. The quantitative estimate of drug-likeness (QED) is 0.533. The van der Waals surface area contributed by atoms with E-state index in [2.05, 4.69) is 15.3 Å². The summed E-state index contributed by atoms with van der Waals surface area (Å²) in [6, 6.07) is 9.02. The van der Waals surface area contributed by atoms with E-state index in [0.717, 1.165) is 18.4 Å². The van der Waals surface area contributed by atoms with Crippen LogP contribution in [0.5, 0.6) is 5.75 Å². The fourth-order valence-electron chi connectivity index (χ4n) is 4.11. The number of carbonyl (C=O) groups is 2. The zero-order valence-electron chi connectivity index (χ0n) is 19.0. The number of aromatic nitrogens is 2. The Morgan fingerprint density at radius 3 is 2.80 bits per heavy atom. The molecule has 2 aliphatic rings. The molecule has 182 valence electrons. The molecular weight excluding hydrogens is 453 g/mol. The molecule has 0 bridgehead atoms. The number of alkyl halides is 1. The topological polar surface area (TPSA) is 124 Å². The van der Waals surface area contributed by atoms with Gasteiger partial charge < -0.3 is 25.1 Å². The summed E-state index contributed by atoms with van der Waals surface area (Å²) in [5.74, 6) is 0.333. The van der Waals surface area contributed by atoms with Crippen molar-refractivity contribution >= 4 is 17.5 Å². The van der Waals surface area contributed by atoms with Crippen LogP contribution in [0.15, 0.2) is 53.5 Å². The normalized spacial score (nSPS) is 19.9. The summed E-state index contributed by atoms with van der Waals surface area (Å²) >= 11 is 0. The second kappa shape index (κ2) is 9.83. The summed E-state index contributed by atoms with van der Waals surface area (Å²) in [6.45, 7) is 0.439. The van der Waals surface area contributed by atoms with E-state index in [1.807, 2.05) is 18.2 Å². The number of piperidine rings is 1. The van der Waals surface area contributed by atoms with E-state index >= 15 is 0 Å². The zero-order valence-corrected chi connectivity index (χ0v) is 19.0. The summed E-state index contributed by atoms with van der Waals surface area (Å²) in [5.41, 5.74) is 8.86. The number of anilines is 1. The van der Waals surface area contributed by atoms with E-state index in [1.165, 1.54) is 17.5 Å². The molecule has 2 atom stereocenters. The van der Waals surface area contributed by atoms with Crippen molar-refractivity contribution in [3.8, 4) is 17.0 Å². The lowest BCUT2D eigenvalue weighted by Crippen LogP contribution is -2.49. The highest BCUT2D eigenvalue weighted by Gasteiger charge is 2.34. The number of nitrogens with one attached hydrogen (secondary N) is 1. The molecule has 1 saturated carbocycles. The van der Waals surface area contributed by atoms with Gasteiger partial charge >= 0.3 is 0 Å². The van der Waals surface area contributed by atoms with Gasteiger partial charge in [0.15, 0.2) is 12.6 Å². The lowest BCUT2D eigenvalue weighted by molar-refractivity contribution is -0.117. The van der Waals surface area contributed by atoms with Crippen LogP contribution in [0, 0.1) is 5.92 Å². The van der Waals surface area contributed by atoms with Crippen molar-refractivity contribution in [1.82, 2.24) is 14.9 Å². The van der Waals surface area contributed by atoms with Crippen molar-refractivity contribution in [2.75, 3.05) is 18.4 Å². The van der Waals surface area contributed by atoms with Crippen LogP contribution in [0.1, 0.15) is 35.4 Å². The smallest absolute Gasteiger partial charge is 0.291 e. The first-order valence-corrected chi connectivity index (χ1v) is 11.6. The van der Waals surface area contributed by atoms with Gasteiger partial charge in [0.2, 0.25) is 11.7 Å². The van der Waals surface area contributed by atoms with Gasteiger partial charge in [0, 0.05) is 48.4 Å². The van der Waals surface area contributed by atoms with Crippen molar-refractivity contribution < 1.29 is 23.1 Å². The number of benzene rings is 1. The van der Waals surface area contributed by atoms with Crippen LogP contribution >= 0.6 is 0 Å². The van der Waals surface area contributed by atoms with Crippen molar-refractivity contribution in [3.63, 3.8) is 0 Å². The molecule has 1 aromatic carbocycles. The van der Waals surface area contributed by atoms with Crippen molar-refractivity contribution in [2.45, 2.75) is 38.1 Å². The van der Waals surface area contributed by atoms with Crippen molar-refractivity contribution in [2.24, 2.45) is 11.7 Å². The van der Waals surface area contributed by atoms with Gasteiger partial charge in [-0.1, -0.05) is 0 Å². The van der Waals surface area contributed by atoms with Gasteiger partial charge in [-0.2, -0.15) is 0 Å². The minimum absolute atomic E-state index is 0.0305. The Bertz CT molecular complexity index is 1210. The number of rotatable bonds is 7. The number of amides is 2. The van der Waals surface area contributed by atoms with E-state index in [0.29, 0.717) is 35.7 Å². The first-order valence-electron chi connectivity index (χ1n) is 11.6. The van der Waals surface area contributed by atoms with Crippen LogP contribution in [-0.4, -0.2) is 52.0 Å². The first-order chi connectivity index (χ1) is 17.0. The van der Waals surface area contributed by atoms with Gasteiger partial charge in [-0.25, -0.2) is 9.37 Å². The molecule has 2 amide bonds. The number of nitrogens with zero attached hydrogens (tertiary/aromatic N) is 3. The minimum atomic E-state index is -1.37. The van der Waals surface area contributed by atoms with Gasteiger partial charge in [0.25, 0.3) is 5.91 Å². The molecule has 9 nitrogen and oxygen atoms in total. The number of hydrogen-bond donors (Lipinski definition) is 2. The number of hydrogen-bond acceptors (Lipinski definition) is 7.